The highest BCUT2D eigenvalue weighted by Crippen LogP contribution is 2.79. The fourth-order valence-electron chi connectivity index (χ4n) is 14.3. The van der Waals surface area contributed by atoms with Gasteiger partial charge < -0.3 is 69.6 Å². The maximum Gasteiger partial charge on any atom is 0.187 e. The number of allylic oxidation sites excluding steroid dienone is 1. The Hall–Kier alpha value is -0.820. The van der Waals surface area contributed by atoms with Crippen LogP contribution in [0, 0.1) is 50.2 Å². The molecule has 14 nitrogen and oxygen atoms in total. The maximum absolute atomic E-state index is 12.1. The van der Waals surface area contributed by atoms with Gasteiger partial charge >= 0.3 is 0 Å². The van der Waals surface area contributed by atoms with E-state index in [-0.39, 0.29) is 51.4 Å². The van der Waals surface area contributed by atoms with E-state index in [0.717, 1.165) is 38.5 Å². The van der Waals surface area contributed by atoms with Gasteiger partial charge in [0.25, 0.3) is 0 Å². The Bertz CT molecular complexity index is 1510. The first kappa shape index (κ1) is 41.9. The summed E-state index contributed by atoms with van der Waals surface area (Å²) in [5.74, 6) is 0.312. The van der Waals surface area contributed by atoms with Crippen LogP contribution in [0.5, 0.6) is 0 Å². The molecule has 0 radical (unpaired) electrons. The van der Waals surface area contributed by atoms with Crippen LogP contribution in [-0.4, -0.2) is 152 Å². The third-order valence-electron chi connectivity index (χ3n) is 18.0. The van der Waals surface area contributed by atoms with Crippen molar-refractivity contribution in [1.29, 1.82) is 0 Å². The van der Waals surface area contributed by atoms with E-state index in [1.54, 1.807) is 0 Å². The summed E-state index contributed by atoms with van der Waals surface area (Å²) in [5, 5.41) is 97.0. The van der Waals surface area contributed by atoms with E-state index >= 15 is 0 Å². The van der Waals surface area contributed by atoms with Crippen LogP contribution in [-0.2, 0) is 23.7 Å². The summed E-state index contributed by atoms with van der Waals surface area (Å²) in [6.07, 6.45) is -5.19. The molecule has 1 spiro atoms. The van der Waals surface area contributed by atoms with Crippen molar-refractivity contribution in [2.75, 3.05) is 26.4 Å². The molecule has 0 aromatic carbocycles. The molecule has 3 heterocycles. The van der Waals surface area contributed by atoms with E-state index in [1.165, 1.54) is 0 Å². The maximum atomic E-state index is 12.1. The molecule has 0 unspecified atom stereocenters. The van der Waals surface area contributed by atoms with Crippen LogP contribution in [0.4, 0.5) is 0 Å². The molecule has 4 saturated carbocycles. The molecule has 7 fully saturated rings. The molecule has 3 aliphatic heterocycles. The lowest BCUT2D eigenvalue weighted by molar-refractivity contribution is -0.379. The quantitative estimate of drug-likeness (QED) is 0.128. The van der Waals surface area contributed by atoms with Gasteiger partial charge in [0.05, 0.1) is 44.2 Å². The minimum atomic E-state index is -1.78. The van der Waals surface area contributed by atoms with E-state index in [0.29, 0.717) is 19.4 Å². The Morgan fingerprint density at radius 1 is 0.679 bits per heavy atom. The fourth-order valence-corrected chi connectivity index (χ4v) is 14.3. The number of fused-ring (bicyclic) bond motifs is 4. The number of aliphatic hydroxyl groups excluding tert-OH is 9. The third-order valence-corrected chi connectivity index (χ3v) is 18.0. The Morgan fingerprint density at radius 2 is 1.34 bits per heavy atom. The highest BCUT2D eigenvalue weighted by Gasteiger charge is 2.79. The summed E-state index contributed by atoms with van der Waals surface area (Å²) in [4.78, 5) is 0. The molecule has 0 amide bonds. The van der Waals surface area contributed by atoms with Crippen molar-refractivity contribution < 1.29 is 69.6 Å². The number of hydrogen-bond acceptors (Lipinski definition) is 14. The first-order valence-corrected chi connectivity index (χ1v) is 21.1. The predicted molar refractivity (Wildman–Crippen MR) is 198 cm³/mol. The lowest BCUT2D eigenvalue weighted by Gasteiger charge is -2.73. The van der Waals surface area contributed by atoms with Crippen molar-refractivity contribution in [1.82, 2.24) is 0 Å². The lowest BCUT2D eigenvalue weighted by atomic mass is 9.32. The van der Waals surface area contributed by atoms with E-state index in [4.69, 9.17) is 23.7 Å². The molecule has 8 aliphatic rings. The standard InChI is InChI=1S/C42H68O14/c1-36(2)13-14-41-20-52-42(25(41)15-36)12-8-24-37(3)10-9-27(38(4,19-45)23(37)7-11-39(24,5)40(42,6)16-26(41)46)55-35-33(31(50)29(48)22(18-44)54-35)56-34-32(51)30(49)28(47)21(17-43)53-34/h8,12,21-35,43-51H,7,9-11,13-20H2,1-6H3/t21-,22-,23-,24-,25-,26+,27+,28-,29+,30+,31+,32-,33-,34+,35+,37+,38+,39-,40+,41-,42+/m1/s1. The van der Waals surface area contributed by atoms with Gasteiger partial charge in [-0.05, 0) is 79.4 Å². The average Bonchev–Trinajstić information content (AvgIpc) is 3.43. The molecule has 320 valence electrons. The van der Waals surface area contributed by atoms with Gasteiger partial charge in [0, 0.05) is 22.2 Å². The molecule has 0 aromatic heterocycles. The first-order chi connectivity index (χ1) is 26.2. The topological polar surface area (TPSA) is 228 Å². The van der Waals surface area contributed by atoms with E-state index in [2.05, 4.69) is 46.8 Å². The van der Waals surface area contributed by atoms with Crippen molar-refractivity contribution in [2.24, 2.45) is 50.2 Å². The van der Waals surface area contributed by atoms with Crippen LogP contribution in [0.1, 0.15) is 92.9 Å². The van der Waals surface area contributed by atoms with Gasteiger partial charge in [-0.1, -0.05) is 53.7 Å². The van der Waals surface area contributed by atoms with E-state index in [1.807, 2.05) is 6.92 Å². The zero-order valence-electron chi connectivity index (χ0n) is 33.9. The normalized spacial score (nSPS) is 58.8. The molecule has 21 atom stereocenters. The molecule has 0 aromatic rings. The Morgan fingerprint density at radius 3 is 2.00 bits per heavy atom. The number of aliphatic hydroxyl groups is 9. The van der Waals surface area contributed by atoms with Crippen LogP contribution < -0.4 is 0 Å². The number of ether oxygens (including phenoxy) is 5. The molecule has 2 bridgehead atoms. The molecular formula is C42H68O14. The van der Waals surface area contributed by atoms with Crippen LogP contribution in [0.3, 0.4) is 0 Å². The SMILES string of the molecule is CC1(C)CC[C@]23CO[C@@]4(C=C[C@@H]5[C@@]6(C)CC[C@H](O[C@@H]7O[C@H](CO)[C@H](O)[C@H](O)[C@H]7O[C@@H]7O[C@H](CO)[C@@H](O)[C@H](O)[C@H]7O)[C@@](C)(CO)[C@@H]6CC[C@@]5(C)[C@]4(C)C[C@@H]2O)[C@@H]3C1. The van der Waals surface area contributed by atoms with Gasteiger partial charge in [-0.3, -0.25) is 0 Å². The summed E-state index contributed by atoms with van der Waals surface area (Å²) >= 11 is 0. The van der Waals surface area contributed by atoms with Gasteiger partial charge in [0.1, 0.15) is 48.8 Å². The summed E-state index contributed by atoms with van der Waals surface area (Å²) in [5.41, 5.74) is -2.19. The molecule has 9 N–H and O–H groups in total. The second-order valence-corrected chi connectivity index (χ2v) is 21.0. The smallest absolute Gasteiger partial charge is 0.187 e. The second-order valence-electron chi connectivity index (χ2n) is 21.0. The third kappa shape index (κ3) is 5.51. The van der Waals surface area contributed by atoms with E-state index in [9.17, 15) is 46.0 Å². The Kier molecular flexibility index (Phi) is 10.4. The highest BCUT2D eigenvalue weighted by atomic mass is 16.8. The summed E-state index contributed by atoms with van der Waals surface area (Å²) in [6, 6.07) is 0. The number of rotatable bonds is 7. The van der Waals surface area contributed by atoms with Crippen molar-refractivity contribution in [2.45, 2.75) is 172 Å². The van der Waals surface area contributed by atoms with Gasteiger partial charge in [-0.2, -0.15) is 0 Å². The molecule has 3 saturated heterocycles. The predicted octanol–water partition coefficient (Wildman–Crippen LogP) is 0.749. The Balaban J connectivity index is 1.09. The number of hydrogen-bond donors (Lipinski definition) is 9. The van der Waals surface area contributed by atoms with Crippen molar-refractivity contribution in [3.63, 3.8) is 0 Å². The first-order valence-electron chi connectivity index (χ1n) is 21.1. The van der Waals surface area contributed by atoms with Gasteiger partial charge in [0.15, 0.2) is 12.6 Å². The van der Waals surface area contributed by atoms with Gasteiger partial charge in [-0.15, -0.1) is 0 Å². The van der Waals surface area contributed by atoms with Crippen LogP contribution >= 0.6 is 0 Å². The second kappa shape index (κ2) is 13.9. The van der Waals surface area contributed by atoms with Crippen LogP contribution in [0.15, 0.2) is 12.2 Å². The van der Waals surface area contributed by atoms with Crippen molar-refractivity contribution >= 4 is 0 Å². The van der Waals surface area contributed by atoms with E-state index < -0.39 is 97.8 Å². The zero-order valence-corrected chi connectivity index (χ0v) is 33.9. The lowest BCUT2D eigenvalue weighted by Crippen LogP contribution is -2.72. The fraction of sp³-hybridized carbons (Fsp3) is 0.952. The summed E-state index contributed by atoms with van der Waals surface area (Å²) in [7, 11) is 0. The zero-order chi connectivity index (χ0) is 40.6. The molecule has 5 aliphatic carbocycles. The summed E-state index contributed by atoms with van der Waals surface area (Å²) in [6.45, 7) is 12.9. The molecule has 8 rings (SSSR count). The van der Waals surface area contributed by atoms with Crippen LogP contribution in [0.2, 0.25) is 0 Å². The monoisotopic (exact) mass is 796 g/mol. The minimum absolute atomic E-state index is 0.0256. The average molecular weight is 797 g/mol. The van der Waals surface area contributed by atoms with Crippen molar-refractivity contribution in [3.8, 4) is 0 Å². The molecule has 56 heavy (non-hydrogen) atoms. The minimum Gasteiger partial charge on any atom is -0.396 e. The Labute approximate surface area is 330 Å². The summed E-state index contributed by atoms with van der Waals surface area (Å²) < 4.78 is 31.4. The van der Waals surface area contributed by atoms with Gasteiger partial charge in [-0.25, -0.2) is 0 Å². The molecular weight excluding hydrogens is 728 g/mol. The largest absolute Gasteiger partial charge is 0.396 e. The van der Waals surface area contributed by atoms with Gasteiger partial charge in [0.2, 0.25) is 0 Å². The van der Waals surface area contributed by atoms with Crippen molar-refractivity contribution in [3.05, 3.63) is 12.2 Å². The van der Waals surface area contributed by atoms with Crippen LogP contribution in [0.25, 0.3) is 0 Å². The highest BCUT2D eigenvalue weighted by molar-refractivity contribution is 5.36. The molecule has 14 heteroatoms.